The second-order valence-corrected chi connectivity index (χ2v) is 8.32. The third kappa shape index (κ3) is 4.03. The highest BCUT2D eigenvalue weighted by Gasteiger charge is 2.22. The molecule has 180 valence electrons. The minimum atomic E-state index is -1.41. The second-order valence-electron chi connectivity index (χ2n) is 8.32. The van der Waals surface area contributed by atoms with Crippen molar-refractivity contribution in [3.63, 3.8) is 0 Å². The summed E-state index contributed by atoms with van der Waals surface area (Å²) in [5, 5.41) is 6.88. The molecule has 11 heteroatoms. The molecule has 4 aromatic heterocycles. The van der Waals surface area contributed by atoms with Crippen molar-refractivity contribution in [1.29, 1.82) is 0 Å². The van der Waals surface area contributed by atoms with Crippen molar-refractivity contribution in [2.75, 3.05) is 36.4 Å². The van der Waals surface area contributed by atoms with Crippen LogP contribution in [0.4, 0.5) is 30.6 Å². The Kier molecular flexibility index (Phi) is 5.53. The Hall–Kier alpha value is -4.38. The molecule has 1 saturated heterocycles. The highest BCUT2D eigenvalue weighted by Crippen LogP contribution is 2.35. The SMILES string of the molecule is Fc1cc(F)c(Nc2cc(-c3nc(N4CCNCC4)c4c(C5=CC=C5)cncc4n3)ccn2)nc1F. The van der Waals surface area contributed by atoms with Crippen LogP contribution in [0.2, 0.25) is 0 Å². The van der Waals surface area contributed by atoms with Gasteiger partial charge in [-0.25, -0.2) is 23.7 Å². The number of nitrogens with one attached hydrogen (secondary N) is 2. The van der Waals surface area contributed by atoms with Crippen molar-refractivity contribution < 1.29 is 13.2 Å². The van der Waals surface area contributed by atoms with E-state index < -0.39 is 23.4 Å². The molecular weight excluding hydrogens is 469 g/mol. The lowest BCUT2D eigenvalue weighted by Gasteiger charge is -2.30. The van der Waals surface area contributed by atoms with Crippen LogP contribution in [0.5, 0.6) is 0 Å². The molecule has 0 bridgehead atoms. The summed E-state index contributed by atoms with van der Waals surface area (Å²) in [6, 6.07) is 3.75. The van der Waals surface area contributed by atoms with Gasteiger partial charge in [0.1, 0.15) is 11.6 Å². The maximum absolute atomic E-state index is 14.1. The number of aromatic nitrogens is 5. The van der Waals surface area contributed by atoms with Crippen LogP contribution >= 0.6 is 0 Å². The van der Waals surface area contributed by atoms with Gasteiger partial charge in [0.2, 0.25) is 0 Å². The second kappa shape index (κ2) is 9.00. The van der Waals surface area contributed by atoms with Crippen LogP contribution in [-0.2, 0) is 0 Å². The van der Waals surface area contributed by atoms with Gasteiger partial charge < -0.3 is 15.5 Å². The van der Waals surface area contributed by atoms with E-state index in [1.807, 2.05) is 24.4 Å². The van der Waals surface area contributed by atoms with Gasteiger partial charge >= 0.3 is 0 Å². The minimum absolute atomic E-state index is 0.175. The summed E-state index contributed by atoms with van der Waals surface area (Å²) in [6.45, 7) is 3.23. The molecule has 0 amide bonds. The number of allylic oxidation sites excluding steroid dienone is 4. The van der Waals surface area contributed by atoms with Gasteiger partial charge in [-0.05, 0) is 17.7 Å². The Bertz CT molecular complexity index is 1550. The van der Waals surface area contributed by atoms with Crippen LogP contribution in [0.25, 0.3) is 27.9 Å². The van der Waals surface area contributed by atoms with Crippen molar-refractivity contribution in [1.82, 2.24) is 30.2 Å². The van der Waals surface area contributed by atoms with Crippen molar-refractivity contribution in [2.45, 2.75) is 0 Å². The molecule has 8 nitrogen and oxygen atoms in total. The van der Waals surface area contributed by atoms with Crippen molar-refractivity contribution >= 4 is 33.9 Å². The first-order valence-electron chi connectivity index (χ1n) is 11.3. The fourth-order valence-electron chi connectivity index (χ4n) is 4.18. The summed E-state index contributed by atoms with van der Waals surface area (Å²) < 4.78 is 40.9. The molecule has 36 heavy (non-hydrogen) atoms. The smallest absolute Gasteiger partial charge is 0.251 e. The summed E-state index contributed by atoms with van der Waals surface area (Å²) in [5.74, 6) is -2.89. The molecule has 0 aromatic carbocycles. The fraction of sp³-hybridized carbons (Fsp3) is 0.160. The van der Waals surface area contributed by atoms with E-state index >= 15 is 0 Å². The van der Waals surface area contributed by atoms with Gasteiger partial charge in [0.15, 0.2) is 23.3 Å². The highest BCUT2D eigenvalue weighted by atomic mass is 19.2. The molecule has 1 aliphatic carbocycles. The lowest BCUT2D eigenvalue weighted by molar-refractivity contribution is 0.467. The molecule has 6 rings (SSSR count). The van der Waals surface area contributed by atoms with Gasteiger partial charge in [0.25, 0.3) is 5.95 Å². The van der Waals surface area contributed by atoms with E-state index in [1.54, 1.807) is 18.3 Å². The first-order valence-corrected chi connectivity index (χ1v) is 11.3. The molecule has 1 fully saturated rings. The molecule has 0 saturated carbocycles. The predicted octanol–water partition coefficient (Wildman–Crippen LogP) is 4.01. The third-order valence-corrected chi connectivity index (χ3v) is 6.02. The van der Waals surface area contributed by atoms with Gasteiger partial charge in [-0.15, -0.1) is 0 Å². The molecule has 2 aliphatic rings. The highest BCUT2D eigenvalue weighted by molar-refractivity contribution is 6.02. The van der Waals surface area contributed by atoms with Gasteiger partial charge in [-0.1, -0.05) is 18.2 Å². The van der Waals surface area contributed by atoms with E-state index in [4.69, 9.17) is 9.97 Å². The molecule has 0 spiro atoms. The number of hydrogen-bond donors (Lipinski definition) is 2. The van der Waals surface area contributed by atoms with E-state index in [0.717, 1.165) is 48.5 Å². The van der Waals surface area contributed by atoms with Gasteiger partial charge in [-0.2, -0.15) is 9.37 Å². The Morgan fingerprint density at radius 3 is 2.58 bits per heavy atom. The molecule has 0 atom stereocenters. The van der Waals surface area contributed by atoms with Crippen LogP contribution in [0.15, 0.2) is 55.0 Å². The molecule has 4 aromatic rings. The number of pyridine rings is 3. The quantitative estimate of drug-likeness (QED) is 0.408. The molecule has 2 N–H and O–H groups in total. The Labute approximate surface area is 203 Å². The van der Waals surface area contributed by atoms with Gasteiger partial charge in [0.05, 0.1) is 17.1 Å². The zero-order valence-corrected chi connectivity index (χ0v) is 18.8. The maximum Gasteiger partial charge on any atom is 0.251 e. The third-order valence-electron chi connectivity index (χ3n) is 6.02. The standard InChI is InChI=1S/C25H19F3N8/c26-17-11-18(27)24(34-22(17)28)33-20-10-15(4-5-31-20)23-32-19-13-30-12-16(14-2-1-3-14)21(19)25(35-23)36-8-6-29-7-9-36/h1-5,10-13,29H,6-9H2,(H,31,33,34). The minimum Gasteiger partial charge on any atom is -0.353 e. The summed E-state index contributed by atoms with van der Waals surface area (Å²) in [6.07, 6.45) is 11.1. The van der Waals surface area contributed by atoms with Crippen molar-refractivity contribution in [3.8, 4) is 11.4 Å². The van der Waals surface area contributed by atoms with E-state index in [2.05, 4.69) is 30.5 Å². The average molecular weight is 488 g/mol. The largest absolute Gasteiger partial charge is 0.353 e. The molecule has 5 heterocycles. The van der Waals surface area contributed by atoms with E-state index in [-0.39, 0.29) is 5.82 Å². The molecular formula is C25H19F3N8. The topological polar surface area (TPSA) is 91.8 Å². The number of rotatable bonds is 5. The van der Waals surface area contributed by atoms with Crippen LogP contribution in [0, 0.1) is 17.6 Å². The Balaban J connectivity index is 1.44. The number of piperazine rings is 1. The Morgan fingerprint density at radius 1 is 0.972 bits per heavy atom. The molecule has 0 radical (unpaired) electrons. The molecule has 1 aliphatic heterocycles. The van der Waals surface area contributed by atoms with E-state index in [9.17, 15) is 13.2 Å². The van der Waals surface area contributed by atoms with Gasteiger partial charge in [0, 0.05) is 55.8 Å². The first kappa shape index (κ1) is 22.1. The van der Waals surface area contributed by atoms with Crippen LogP contribution < -0.4 is 15.5 Å². The van der Waals surface area contributed by atoms with E-state index in [0.29, 0.717) is 23.0 Å². The monoisotopic (exact) mass is 488 g/mol. The Morgan fingerprint density at radius 2 is 1.81 bits per heavy atom. The lowest BCUT2D eigenvalue weighted by atomic mass is 9.97. The summed E-state index contributed by atoms with van der Waals surface area (Å²) >= 11 is 0. The number of fused-ring (bicyclic) bond motifs is 1. The normalized spacial score (nSPS) is 15.1. The van der Waals surface area contributed by atoms with E-state index in [1.165, 1.54) is 6.20 Å². The number of halogens is 3. The lowest BCUT2D eigenvalue weighted by Crippen LogP contribution is -2.44. The van der Waals surface area contributed by atoms with Crippen LogP contribution in [-0.4, -0.2) is 51.1 Å². The van der Waals surface area contributed by atoms with Gasteiger partial charge in [-0.3, -0.25) is 4.98 Å². The zero-order chi connectivity index (χ0) is 24.6. The summed E-state index contributed by atoms with van der Waals surface area (Å²) in [4.78, 5) is 23.8. The maximum atomic E-state index is 14.1. The first-order chi connectivity index (χ1) is 17.6. The molecule has 0 unspecified atom stereocenters. The zero-order valence-electron chi connectivity index (χ0n) is 18.8. The summed E-state index contributed by atoms with van der Waals surface area (Å²) in [5.41, 5.74) is 3.32. The number of hydrogen-bond acceptors (Lipinski definition) is 8. The van der Waals surface area contributed by atoms with Crippen LogP contribution in [0.3, 0.4) is 0 Å². The number of anilines is 3. The summed E-state index contributed by atoms with van der Waals surface area (Å²) in [7, 11) is 0. The predicted molar refractivity (Wildman–Crippen MR) is 130 cm³/mol. The number of nitrogens with zero attached hydrogens (tertiary/aromatic N) is 6. The fourth-order valence-corrected chi connectivity index (χ4v) is 4.18. The van der Waals surface area contributed by atoms with Crippen molar-refractivity contribution in [2.24, 2.45) is 0 Å². The van der Waals surface area contributed by atoms with Crippen LogP contribution in [0.1, 0.15) is 5.56 Å². The van der Waals surface area contributed by atoms with Crippen molar-refractivity contribution in [3.05, 3.63) is 78.2 Å². The average Bonchev–Trinajstić information content (AvgIpc) is 2.86.